The smallest absolute Gasteiger partial charge is 0.333 e. The number of carbonyl (C=O) groups is 2. The second kappa shape index (κ2) is 18.5. The van der Waals surface area contributed by atoms with Gasteiger partial charge in [0.1, 0.15) is 18.4 Å². The molecule has 11 nitrogen and oxygen atoms in total. The van der Waals surface area contributed by atoms with Gasteiger partial charge < -0.3 is 41.0 Å². The standard InChI is InChI=1S/C25H29NO4S.C6H14N4O2/c1-4-29-24(25(27)28)17-19-6-10-21(11-7-19)30-16-15-26-18(2)5-14-23(26)20-8-12-22(31-3)13-9-20;7-4(5(11)12)2-1-3-10-6(8)9/h5-14,24H,4,15-17H2,1-3H3,(H,27,28);4H,1-3,7H2,(H,11,12)(H4,8,9,10)/t24-;4-/m00/s1. The largest absolute Gasteiger partial charge is 0.492 e. The molecule has 3 rings (SSSR count). The molecule has 0 fully saturated rings. The molecule has 0 radical (unpaired) electrons. The van der Waals surface area contributed by atoms with E-state index in [0.29, 0.717) is 39.0 Å². The topological polar surface area (TPSA) is 186 Å². The number of ether oxygens (including phenoxy) is 2. The molecule has 12 heteroatoms. The second-order valence-corrected chi connectivity index (χ2v) is 10.5. The van der Waals surface area contributed by atoms with Gasteiger partial charge in [0.05, 0.1) is 6.54 Å². The van der Waals surface area contributed by atoms with Crippen molar-refractivity contribution < 1.29 is 29.3 Å². The number of nitrogens with one attached hydrogen (secondary N) is 2. The third-order valence-electron chi connectivity index (χ3n) is 6.48. The lowest BCUT2D eigenvalue weighted by Gasteiger charge is -2.14. The van der Waals surface area contributed by atoms with Gasteiger partial charge in [-0.25, -0.2) is 4.79 Å². The Balaban J connectivity index is 0.000000455. The Morgan fingerprint density at radius 2 is 1.72 bits per heavy atom. The van der Waals surface area contributed by atoms with Crippen LogP contribution in [0.15, 0.2) is 65.6 Å². The number of nitrogens with zero attached hydrogens (tertiary/aromatic N) is 1. The maximum atomic E-state index is 11.3. The van der Waals surface area contributed by atoms with Crippen molar-refractivity contribution in [1.82, 2.24) is 9.88 Å². The highest BCUT2D eigenvalue weighted by Crippen LogP contribution is 2.25. The first-order valence-electron chi connectivity index (χ1n) is 14.0. The molecule has 1 aromatic heterocycles. The molecule has 234 valence electrons. The van der Waals surface area contributed by atoms with Crippen molar-refractivity contribution in [1.29, 1.82) is 5.41 Å². The average molecular weight is 614 g/mol. The normalized spacial score (nSPS) is 12.0. The minimum atomic E-state index is -1.00. The minimum Gasteiger partial charge on any atom is -0.492 e. The van der Waals surface area contributed by atoms with E-state index in [1.807, 2.05) is 24.3 Å². The van der Waals surface area contributed by atoms with Crippen molar-refractivity contribution in [2.24, 2.45) is 11.5 Å². The Kier molecular flexibility index (Phi) is 15.2. The summed E-state index contributed by atoms with van der Waals surface area (Å²) >= 11 is 1.74. The van der Waals surface area contributed by atoms with E-state index in [4.69, 9.17) is 31.5 Å². The van der Waals surface area contributed by atoms with E-state index in [1.165, 1.54) is 21.8 Å². The lowest BCUT2D eigenvalue weighted by Crippen LogP contribution is -2.34. The van der Waals surface area contributed by atoms with E-state index < -0.39 is 24.1 Å². The number of aromatic nitrogens is 1. The highest BCUT2D eigenvalue weighted by molar-refractivity contribution is 7.98. The zero-order valence-electron chi connectivity index (χ0n) is 24.9. The molecule has 0 bridgehead atoms. The summed E-state index contributed by atoms with van der Waals surface area (Å²) in [6.07, 6.45) is 2.57. The molecule has 0 aliphatic heterocycles. The van der Waals surface area contributed by atoms with Gasteiger partial charge in [0, 0.05) is 35.9 Å². The van der Waals surface area contributed by atoms with Gasteiger partial charge in [0.2, 0.25) is 0 Å². The first-order valence-corrected chi connectivity index (χ1v) is 15.2. The molecule has 0 saturated heterocycles. The molecule has 0 aliphatic carbocycles. The van der Waals surface area contributed by atoms with Crippen LogP contribution in [0.3, 0.4) is 0 Å². The molecular formula is C31H43N5O6S. The van der Waals surface area contributed by atoms with Crippen LogP contribution in [0.1, 0.15) is 31.0 Å². The van der Waals surface area contributed by atoms with Crippen LogP contribution in [0.25, 0.3) is 11.3 Å². The van der Waals surface area contributed by atoms with E-state index in [1.54, 1.807) is 18.7 Å². The lowest BCUT2D eigenvalue weighted by molar-refractivity contribution is -0.150. The van der Waals surface area contributed by atoms with E-state index >= 15 is 0 Å². The SMILES string of the molecule is CCO[C@@H](Cc1ccc(OCCn2c(C)ccc2-c2ccc(SC)cc2)cc1)C(=O)O.N=C(N)NCCC[C@H](N)C(=O)O. The van der Waals surface area contributed by atoms with Crippen LogP contribution >= 0.6 is 11.8 Å². The molecule has 0 unspecified atom stereocenters. The molecule has 0 spiro atoms. The van der Waals surface area contributed by atoms with Gasteiger partial charge in [-0.15, -0.1) is 11.8 Å². The number of aliphatic carboxylic acids is 2. The predicted octanol–water partition coefficient (Wildman–Crippen LogP) is 3.96. The molecule has 8 N–H and O–H groups in total. The number of hydrogen-bond acceptors (Lipinski definition) is 7. The van der Waals surface area contributed by atoms with Gasteiger partial charge >= 0.3 is 11.9 Å². The quantitative estimate of drug-likeness (QED) is 0.0598. The van der Waals surface area contributed by atoms with Gasteiger partial charge in [-0.1, -0.05) is 24.3 Å². The van der Waals surface area contributed by atoms with Gasteiger partial charge in [0.15, 0.2) is 12.1 Å². The van der Waals surface area contributed by atoms with E-state index in [9.17, 15) is 14.7 Å². The third kappa shape index (κ3) is 12.4. The van der Waals surface area contributed by atoms with Crippen LogP contribution in [0, 0.1) is 12.3 Å². The second-order valence-electron chi connectivity index (χ2n) is 9.65. The number of benzene rings is 2. The van der Waals surface area contributed by atoms with Crippen molar-refractivity contribution >= 4 is 29.7 Å². The summed E-state index contributed by atoms with van der Waals surface area (Å²) in [5.74, 6) is -1.29. The highest BCUT2D eigenvalue weighted by Gasteiger charge is 2.18. The number of carboxylic acids is 2. The molecular weight excluding hydrogens is 570 g/mol. The van der Waals surface area contributed by atoms with Crippen molar-refractivity contribution in [3.05, 3.63) is 71.9 Å². The van der Waals surface area contributed by atoms with Crippen LogP contribution in [0.2, 0.25) is 0 Å². The van der Waals surface area contributed by atoms with Crippen LogP contribution in [-0.4, -0.2) is 70.8 Å². The molecule has 0 amide bonds. The van der Waals surface area contributed by atoms with Gasteiger partial charge in [0.25, 0.3) is 0 Å². The van der Waals surface area contributed by atoms with Crippen molar-refractivity contribution in [3.63, 3.8) is 0 Å². The third-order valence-corrected chi connectivity index (χ3v) is 7.22. The predicted molar refractivity (Wildman–Crippen MR) is 170 cm³/mol. The Morgan fingerprint density at radius 3 is 2.28 bits per heavy atom. The number of aryl methyl sites for hydroxylation is 1. The van der Waals surface area contributed by atoms with E-state index in [0.717, 1.165) is 17.9 Å². The Morgan fingerprint density at radius 1 is 1.05 bits per heavy atom. The van der Waals surface area contributed by atoms with Crippen molar-refractivity contribution in [3.8, 4) is 17.0 Å². The number of thioether (sulfide) groups is 1. The number of guanidine groups is 1. The van der Waals surface area contributed by atoms with Crippen molar-refractivity contribution in [2.45, 2.75) is 56.7 Å². The van der Waals surface area contributed by atoms with E-state index in [2.05, 4.69) is 59.5 Å². The Bertz CT molecular complexity index is 1300. The van der Waals surface area contributed by atoms with Crippen LogP contribution < -0.4 is 21.5 Å². The summed E-state index contributed by atoms with van der Waals surface area (Å²) in [6.45, 7) is 6.04. The monoisotopic (exact) mass is 613 g/mol. The van der Waals surface area contributed by atoms with Crippen molar-refractivity contribution in [2.75, 3.05) is 26.0 Å². The fourth-order valence-electron chi connectivity index (χ4n) is 4.16. The zero-order chi connectivity index (χ0) is 31.8. The van der Waals surface area contributed by atoms with Gasteiger partial charge in [-0.2, -0.15) is 0 Å². The summed E-state index contributed by atoms with van der Waals surface area (Å²) in [7, 11) is 0. The number of nitrogens with two attached hydrogens (primary N) is 2. The first kappa shape index (κ1) is 35.2. The molecule has 0 saturated carbocycles. The fourth-order valence-corrected chi connectivity index (χ4v) is 4.57. The number of carboxylic acid groups (broad SMARTS) is 2. The average Bonchev–Trinajstić information content (AvgIpc) is 3.35. The first-order chi connectivity index (χ1) is 20.5. The molecule has 43 heavy (non-hydrogen) atoms. The minimum absolute atomic E-state index is 0.112. The van der Waals surface area contributed by atoms with Crippen LogP contribution in [0.5, 0.6) is 5.75 Å². The number of rotatable bonds is 16. The molecule has 1 heterocycles. The maximum Gasteiger partial charge on any atom is 0.333 e. The molecule has 2 atom stereocenters. The van der Waals surface area contributed by atoms with E-state index in [-0.39, 0.29) is 5.96 Å². The highest BCUT2D eigenvalue weighted by atomic mass is 32.2. The Labute approximate surface area is 257 Å². The Hall–Kier alpha value is -4.00. The number of hydrogen-bond donors (Lipinski definition) is 6. The maximum absolute atomic E-state index is 11.3. The summed E-state index contributed by atoms with van der Waals surface area (Å²) in [5.41, 5.74) is 14.7. The summed E-state index contributed by atoms with van der Waals surface area (Å²) in [4.78, 5) is 22.7. The zero-order valence-corrected chi connectivity index (χ0v) is 25.7. The molecule has 2 aromatic carbocycles. The summed E-state index contributed by atoms with van der Waals surface area (Å²) in [6, 6.07) is 19.6. The van der Waals surface area contributed by atoms with Gasteiger partial charge in [-0.05, 0) is 80.5 Å². The van der Waals surface area contributed by atoms with Crippen LogP contribution in [-0.2, 0) is 27.3 Å². The molecule has 0 aliphatic rings. The summed E-state index contributed by atoms with van der Waals surface area (Å²) in [5, 5.41) is 26.9. The summed E-state index contributed by atoms with van der Waals surface area (Å²) < 4.78 is 13.5. The fraction of sp³-hybridized carbons (Fsp3) is 0.387. The van der Waals surface area contributed by atoms with Crippen LogP contribution in [0.4, 0.5) is 0 Å². The van der Waals surface area contributed by atoms with Gasteiger partial charge in [-0.3, -0.25) is 10.2 Å². The molecule has 3 aromatic rings. The lowest BCUT2D eigenvalue weighted by atomic mass is 10.1.